The van der Waals surface area contributed by atoms with Crippen LogP contribution in [0.1, 0.15) is 12.8 Å². The lowest BCUT2D eigenvalue weighted by molar-refractivity contribution is 0.633. The van der Waals surface area contributed by atoms with Crippen LogP contribution in [0.3, 0.4) is 0 Å². The Morgan fingerprint density at radius 3 is 2.00 bits per heavy atom. The molecule has 7 heteroatoms. The number of hydrogen-bond acceptors (Lipinski definition) is 7. The molecule has 2 aliphatic heterocycles. The van der Waals surface area contributed by atoms with E-state index in [1.807, 2.05) is 18.3 Å². The molecule has 7 nitrogen and oxygen atoms in total. The van der Waals surface area contributed by atoms with Crippen LogP contribution in [0.2, 0.25) is 0 Å². The lowest BCUT2D eigenvalue weighted by atomic mass is 10.3. The van der Waals surface area contributed by atoms with E-state index in [1.165, 1.54) is 12.8 Å². The SMILES string of the molecule is c1cnc(N2CCN(c3ccnc(N4CCCC4)n3)CC2)nc1. The third-order valence-corrected chi connectivity index (χ3v) is 4.46. The van der Waals surface area contributed by atoms with E-state index in [2.05, 4.69) is 29.7 Å². The largest absolute Gasteiger partial charge is 0.353 e. The van der Waals surface area contributed by atoms with Gasteiger partial charge in [0.25, 0.3) is 0 Å². The maximum absolute atomic E-state index is 4.77. The van der Waals surface area contributed by atoms with Crippen LogP contribution in [-0.4, -0.2) is 59.2 Å². The smallest absolute Gasteiger partial charge is 0.227 e. The van der Waals surface area contributed by atoms with Crippen molar-refractivity contribution in [2.75, 3.05) is 54.0 Å². The van der Waals surface area contributed by atoms with Gasteiger partial charge in [-0.1, -0.05) is 0 Å². The average molecular weight is 311 g/mol. The van der Waals surface area contributed by atoms with Crippen molar-refractivity contribution >= 4 is 17.7 Å². The molecule has 2 fully saturated rings. The van der Waals surface area contributed by atoms with Gasteiger partial charge < -0.3 is 14.7 Å². The van der Waals surface area contributed by atoms with Crippen molar-refractivity contribution in [3.05, 3.63) is 30.7 Å². The molecule has 2 saturated heterocycles. The molecule has 4 heterocycles. The highest BCUT2D eigenvalue weighted by atomic mass is 15.3. The molecule has 120 valence electrons. The molecule has 0 atom stereocenters. The minimum Gasteiger partial charge on any atom is -0.353 e. The van der Waals surface area contributed by atoms with E-state index >= 15 is 0 Å². The molecule has 0 bridgehead atoms. The maximum atomic E-state index is 4.77. The Bertz CT molecular complexity index is 634. The summed E-state index contributed by atoms with van der Waals surface area (Å²) in [6, 6.07) is 3.86. The normalized spacial score (nSPS) is 18.5. The van der Waals surface area contributed by atoms with Gasteiger partial charge in [-0.15, -0.1) is 0 Å². The minimum atomic E-state index is 0.813. The molecule has 23 heavy (non-hydrogen) atoms. The topological polar surface area (TPSA) is 61.3 Å². The fourth-order valence-electron chi connectivity index (χ4n) is 3.17. The number of piperazine rings is 1. The molecule has 2 aromatic heterocycles. The molecule has 0 N–H and O–H groups in total. The first-order valence-corrected chi connectivity index (χ1v) is 8.25. The summed E-state index contributed by atoms with van der Waals surface area (Å²) < 4.78 is 0. The van der Waals surface area contributed by atoms with E-state index in [9.17, 15) is 0 Å². The molecule has 0 spiro atoms. The van der Waals surface area contributed by atoms with Crippen molar-refractivity contribution in [3.8, 4) is 0 Å². The van der Waals surface area contributed by atoms with Crippen molar-refractivity contribution in [2.45, 2.75) is 12.8 Å². The zero-order chi connectivity index (χ0) is 15.5. The van der Waals surface area contributed by atoms with Crippen molar-refractivity contribution in [1.29, 1.82) is 0 Å². The molecule has 4 rings (SSSR count). The van der Waals surface area contributed by atoms with Crippen LogP contribution >= 0.6 is 0 Å². The van der Waals surface area contributed by atoms with Crippen molar-refractivity contribution in [1.82, 2.24) is 19.9 Å². The Balaban J connectivity index is 1.43. The summed E-state index contributed by atoms with van der Waals surface area (Å²) in [4.78, 5) is 24.7. The Morgan fingerprint density at radius 1 is 0.652 bits per heavy atom. The van der Waals surface area contributed by atoms with E-state index in [0.717, 1.165) is 57.0 Å². The summed E-state index contributed by atoms with van der Waals surface area (Å²) in [5, 5.41) is 0. The summed E-state index contributed by atoms with van der Waals surface area (Å²) in [6.45, 7) is 5.81. The van der Waals surface area contributed by atoms with Crippen LogP contribution in [0, 0.1) is 0 Å². The first kappa shape index (κ1) is 14.2. The Kier molecular flexibility index (Phi) is 3.92. The molecule has 0 saturated carbocycles. The maximum Gasteiger partial charge on any atom is 0.227 e. The zero-order valence-electron chi connectivity index (χ0n) is 13.2. The fourth-order valence-corrected chi connectivity index (χ4v) is 3.17. The quantitative estimate of drug-likeness (QED) is 0.844. The molecule has 2 aliphatic rings. The van der Waals surface area contributed by atoms with Crippen LogP contribution in [0.15, 0.2) is 30.7 Å². The lowest BCUT2D eigenvalue weighted by Crippen LogP contribution is -2.47. The second kappa shape index (κ2) is 6.36. The van der Waals surface area contributed by atoms with Gasteiger partial charge in [-0.2, -0.15) is 4.98 Å². The van der Waals surface area contributed by atoms with Gasteiger partial charge >= 0.3 is 0 Å². The summed E-state index contributed by atoms with van der Waals surface area (Å²) in [5.41, 5.74) is 0. The molecular formula is C16H21N7. The van der Waals surface area contributed by atoms with E-state index in [4.69, 9.17) is 4.98 Å². The zero-order valence-corrected chi connectivity index (χ0v) is 13.2. The number of rotatable bonds is 3. The fraction of sp³-hybridized carbons (Fsp3) is 0.500. The van der Waals surface area contributed by atoms with Gasteiger partial charge in [0.15, 0.2) is 0 Å². The molecule has 0 amide bonds. The van der Waals surface area contributed by atoms with Gasteiger partial charge in [0, 0.05) is 57.9 Å². The summed E-state index contributed by atoms with van der Waals surface area (Å²) in [7, 11) is 0. The van der Waals surface area contributed by atoms with Gasteiger partial charge in [0.2, 0.25) is 11.9 Å². The molecule has 2 aromatic rings. The van der Waals surface area contributed by atoms with E-state index in [1.54, 1.807) is 12.4 Å². The third kappa shape index (κ3) is 3.04. The van der Waals surface area contributed by atoms with Gasteiger partial charge in [0.05, 0.1) is 0 Å². The Labute approximate surface area is 136 Å². The Morgan fingerprint density at radius 2 is 1.26 bits per heavy atom. The van der Waals surface area contributed by atoms with Gasteiger partial charge in [0.1, 0.15) is 5.82 Å². The van der Waals surface area contributed by atoms with Crippen LogP contribution in [0.4, 0.5) is 17.7 Å². The second-order valence-electron chi connectivity index (χ2n) is 5.93. The van der Waals surface area contributed by atoms with Crippen molar-refractivity contribution in [3.63, 3.8) is 0 Å². The number of aromatic nitrogens is 4. The number of nitrogens with zero attached hydrogens (tertiary/aromatic N) is 7. The van der Waals surface area contributed by atoms with Gasteiger partial charge in [-0.25, -0.2) is 15.0 Å². The third-order valence-electron chi connectivity index (χ3n) is 4.46. The van der Waals surface area contributed by atoms with Crippen LogP contribution in [-0.2, 0) is 0 Å². The molecule has 0 unspecified atom stereocenters. The van der Waals surface area contributed by atoms with Gasteiger partial charge in [-0.3, -0.25) is 0 Å². The molecule has 0 radical (unpaired) electrons. The lowest BCUT2D eigenvalue weighted by Gasteiger charge is -2.35. The summed E-state index contributed by atoms with van der Waals surface area (Å²) in [5.74, 6) is 2.71. The highest BCUT2D eigenvalue weighted by Crippen LogP contribution is 2.20. The predicted molar refractivity (Wildman–Crippen MR) is 89.9 cm³/mol. The van der Waals surface area contributed by atoms with Crippen LogP contribution in [0.25, 0.3) is 0 Å². The summed E-state index contributed by atoms with van der Waals surface area (Å²) in [6.07, 6.45) is 7.94. The molecule has 0 aromatic carbocycles. The first-order valence-electron chi connectivity index (χ1n) is 8.25. The van der Waals surface area contributed by atoms with Crippen molar-refractivity contribution in [2.24, 2.45) is 0 Å². The minimum absolute atomic E-state index is 0.813. The second-order valence-corrected chi connectivity index (χ2v) is 5.93. The van der Waals surface area contributed by atoms with Crippen LogP contribution in [0.5, 0.6) is 0 Å². The monoisotopic (exact) mass is 311 g/mol. The molecular weight excluding hydrogens is 290 g/mol. The predicted octanol–water partition coefficient (Wildman–Crippen LogP) is 1.19. The van der Waals surface area contributed by atoms with E-state index < -0.39 is 0 Å². The van der Waals surface area contributed by atoms with Crippen LogP contribution < -0.4 is 14.7 Å². The average Bonchev–Trinajstić information content (AvgIpc) is 3.18. The van der Waals surface area contributed by atoms with Crippen molar-refractivity contribution < 1.29 is 0 Å². The Hall–Kier alpha value is -2.44. The van der Waals surface area contributed by atoms with Gasteiger partial charge in [-0.05, 0) is 25.0 Å². The standard InChI is InChI=1S/C16H21N7/c1-2-9-22(8-1)16-19-7-4-14(20-16)21-10-12-23(13-11-21)15-17-5-3-6-18-15/h3-7H,1-2,8-13H2. The molecule has 0 aliphatic carbocycles. The van der Waals surface area contributed by atoms with E-state index in [-0.39, 0.29) is 0 Å². The number of hydrogen-bond donors (Lipinski definition) is 0. The first-order chi connectivity index (χ1) is 11.4. The highest BCUT2D eigenvalue weighted by Gasteiger charge is 2.21. The summed E-state index contributed by atoms with van der Waals surface area (Å²) >= 11 is 0. The number of anilines is 3. The van der Waals surface area contributed by atoms with E-state index in [0.29, 0.717) is 0 Å². The highest BCUT2D eigenvalue weighted by molar-refractivity contribution is 5.46.